The first-order chi connectivity index (χ1) is 9.83. The van der Waals surface area contributed by atoms with Crippen molar-refractivity contribution in [3.05, 3.63) is 18.2 Å². The molecule has 2 rings (SSSR count). The zero-order valence-electron chi connectivity index (χ0n) is 13.7. The first kappa shape index (κ1) is 16.0. The molecule has 1 N–H and O–H groups in total. The fraction of sp³-hybridized carbons (Fsp3) is 0.750. The van der Waals surface area contributed by atoms with E-state index in [1.54, 1.807) is 0 Å². The maximum atomic E-state index is 11.9. The van der Waals surface area contributed by atoms with Crippen molar-refractivity contribution < 1.29 is 4.79 Å². The molecule has 1 amide bonds. The summed E-state index contributed by atoms with van der Waals surface area (Å²) in [5.74, 6) is 1.91. The second kappa shape index (κ2) is 6.60. The summed E-state index contributed by atoms with van der Waals surface area (Å²) in [7, 11) is 0. The summed E-state index contributed by atoms with van der Waals surface area (Å²) < 4.78 is 2.23. The highest BCUT2D eigenvalue weighted by molar-refractivity contribution is 5.78. The van der Waals surface area contributed by atoms with E-state index in [9.17, 15) is 4.79 Å². The van der Waals surface area contributed by atoms with E-state index in [0.29, 0.717) is 12.5 Å². The molecule has 1 saturated heterocycles. The van der Waals surface area contributed by atoms with Gasteiger partial charge in [-0.05, 0) is 59.5 Å². The Morgan fingerprint density at radius 1 is 1.38 bits per heavy atom. The average Bonchev–Trinajstić information content (AvgIpc) is 2.75. The SMILES string of the molecule is Cc1nccn1CC1CCN(CC(=O)NC(C)(C)C)CC1. The van der Waals surface area contributed by atoms with Crippen LogP contribution in [0.15, 0.2) is 12.4 Å². The van der Waals surface area contributed by atoms with Crippen molar-refractivity contribution in [1.29, 1.82) is 0 Å². The predicted octanol–water partition coefficient (Wildman–Crippen LogP) is 1.82. The Morgan fingerprint density at radius 2 is 2.05 bits per heavy atom. The van der Waals surface area contributed by atoms with Gasteiger partial charge in [-0.2, -0.15) is 0 Å². The van der Waals surface area contributed by atoms with Crippen LogP contribution < -0.4 is 5.32 Å². The average molecular weight is 292 g/mol. The van der Waals surface area contributed by atoms with Crippen LogP contribution in [0, 0.1) is 12.8 Å². The summed E-state index contributed by atoms with van der Waals surface area (Å²) in [6.07, 6.45) is 6.22. The maximum Gasteiger partial charge on any atom is 0.234 e. The van der Waals surface area contributed by atoms with Crippen molar-refractivity contribution in [3.8, 4) is 0 Å². The molecule has 2 heterocycles. The van der Waals surface area contributed by atoms with E-state index in [0.717, 1.165) is 38.3 Å². The van der Waals surface area contributed by atoms with Crippen LogP contribution in [-0.4, -0.2) is 45.5 Å². The third kappa shape index (κ3) is 5.16. The molecule has 5 nitrogen and oxygen atoms in total. The lowest BCUT2D eigenvalue weighted by Gasteiger charge is -2.32. The summed E-state index contributed by atoms with van der Waals surface area (Å²) in [6, 6.07) is 0. The third-order valence-corrected chi connectivity index (χ3v) is 3.97. The number of carbonyl (C=O) groups excluding carboxylic acids is 1. The van der Waals surface area contributed by atoms with E-state index < -0.39 is 0 Å². The Balaban J connectivity index is 1.73. The number of nitrogens with one attached hydrogen (secondary N) is 1. The van der Waals surface area contributed by atoms with Crippen LogP contribution in [0.25, 0.3) is 0 Å². The van der Waals surface area contributed by atoms with Crippen LogP contribution in [0.4, 0.5) is 0 Å². The van der Waals surface area contributed by atoms with E-state index in [1.165, 1.54) is 0 Å². The van der Waals surface area contributed by atoms with Gasteiger partial charge < -0.3 is 9.88 Å². The summed E-state index contributed by atoms with van der Waals surface area (Å²) in [5, 5.41) is 3.03. The summed E-state index contributed by atoms with van der Waals surface area (Å²) in [6.45, 7) is 11.7. The summed E-state index contributed by atoms with van der Waals surface area (Å²) >= 11 is 0. The van der Waals surface area contributed by atoms with Gasteiger partial charge >= 0.3 is 0 Å². The van der Waals surface area contributed by atoms with Crippen LogP contribution in [0.3, 0.4) is 0 Å². The number of rotatable bonds is 4. The minimum Gasteiger partial charge on any atom is -0.350 e. The molecule has 1 fully saturated rings. The number of carbonyl (C=O) groups is 1. The lowest BCUT2D eigenvalue weighted by molar-refractivity contribution is -0.124. The van der Waals surface area contributed by atoms with Crippen LogP contribution in [0.5, 0.6) is 0 Å². The number of hydrogen-bond donors (Lipinski definition) is 1. The van der Waals surface area contributed by atoms with Gasteiger partial charge in [0.15, 0.2) is 0 Å². The topological polar surface area (TPSA) is 50.2 Å². The number of amides is 1. The molecule has 0 saturated carbocycles. The molecule has 21 heavy (non-hydrogen) atoms. The highest BCUT2D eigenvalue weighted by atomic mass is 16.2. The normalized spacial score (nSPS) is 17.9. The van der Waals surface area contributed by atoms with Crippen molar-refractivity contribution in [2.45, 2.75) is 52.6 Å². The van der Waals surface area contributed by atoms with Gasteiger partial charge in [0.2, 0.25) is 5.91 Å². The quantitative estimate of drug-likeness (QED) is 0.921. The fourth-order valence-electron chi connectivity index (χ4n) is 2.86. The Kier molecular flexibility index (Phi) is 5.04. The lowest BCUT2D eigenvalue weighted by atomic mass is 9.96. The molecule has 1 aromatic rings. The summed E-state index contributed by atoms with van der Waals surface area (Å²) in [4.78, 5) is 18.5. The van der Waals surface area contributed by atoms with Crippen LogP contribution in [0.2, 0.25) is 0 Å². The molecule has 0 atom stereocenters. The smallest absolute Gasteiger partial charge is 0.234 e. The number of nitrogens with zero attached hydrogens (tertiary/aromatic N) is 3. The first-order valence-electron chi connectivity index (χ1n) is 7.84. The Bertz CT molecular complexity index is 467. The number of aromatic nitrogens is 2. The van der Waals surface area contributed by atoms with Gasteiger partial charge in [-0.1, -0.05) is 0 Å². The van der Waals surface area contributed by atoms with Crippen molar-refractivity contribution in [3.63, 3.8) is 0 Å². The maximum absolute atomic E-state index is 11.9. The fourth-order valence-corrected chi connectivity index (χ4v) is 2.86. The number of likely N-dealkylation sites (tertiary alicyclic amines) is 1. The van der Waals surface area contributed by atoms with Crippen LogP contribution in [0.1, 0.15) is 39.4 Å². The molecule has 5 heteroatoms. The molecule has 0 aliphatic carbocycles. The Labute approximate surface area is 127 Å². The Hall–Kier alpha value is -1.36. The van der Waals surface area contributed by atoms with E-state index >= 15 is 0 Å². The van der Waals surface area contributed by atoms with Crippen molar-refractivity contribution >= 4 is 5.91 Å². The van der Waals surface area contributed by atoms with Gasteiger partial charge in [-0.15, -0.1) is 0 Å². The largest absolute Gasteiger partial charge is 0.350 e. The monoisotopic (exact) mass is 292 g/mol. The number of piperidine rings is 1. The first-order valence-corrected chi connectivity index (χ1v) is 7.84. The van der Waals surface area contributed by atoms with Gasteiger partial charge in [-0.3, -0.25) is 9.69 Å². The number of aryl methyl sites for hydroxylation is 1. The molecule has 0 bridgehead atoms. The minimum atomic E-state index is -0.144. The number of hydrogen-bond acceptors (Lipinski definition) is 3. The molecule has 1 aromatic heterocycles. The predicted molar refractivity (Wildman–Crippen MR) is 84.0 cm³/mol. The zero-order valence-corrected chi connectivity index (χ0v) is 13.7. The Morgan fingerprint density at radius 3 is 2.57 bits per heavy atom. The molecule has 118 valence electrons. The van der Waals surface area contributed by atoms with Gasteiger partial charge in [0.1, 0.15) is 5.82 Å². The highest BCUT2D eigenvalue weighted by Crippen LogP contribution is 2.19. The molecule has 0 spiro atoms. The van der Waals surface area contributed by atoms with Crippen molar-refractivity contribution in [1.82, 2.24) is 19.8 Å². The van der Waals surface area contributed by atoms with Gasteiger partial charge in [0.05, 0.1) is 6.54 Å². The van der Waals surface area contributed by atoms with E-state index in [1.807, 2.05) is 33.9 Å². The second-order valence-corrected chi connectivity index (χ2v) is 7.14. The second-order valence-electron chi connectivity index (χ2n) is 7.14. The minimum absolute atomic E-state index is 0.131. The van der Waals surface area contributed by atoms with Crippen molar-refractivity contribution in [2.24, 2.45) is 5.92 Å². The molecular formula is C16H28N4O. The van der Waals surface area contributed by atoms with Crippen LogP contribution >= 0.6 is 0 Å². The van der Waals surface area contributed by atoms with Gasteiger partial charge in [0.25, 0.3) is 0 Å². The summed E-state index contributed by atoms with van der Waals surface area (Å²) in [5.41, 5.74) is -0.144. The molecule has 0 radical (unpaired) electrons. The molecule has 0 unspecified atom stereocenters. The standard InChI is InChI=1S/C16H28N4O/c1-13-17-7-10-20(13)11-14-5-8-19(9-6-14)12-15(21)18-16(2,3)4/h7,10,14H,5-6,8-9,11-12H2,1-4H3,(H,18,21). The third-order valence-electron chi connectivity index (χ3n) is 3.97. The molecule has 0 aromatic carbocycles. The van der Waals surface area contributed by atoms with E-state index in [-0.39, 0.29) is 11.4 Å². The van der Waals surface area contributed by atoms with E-state index in [4.69, 9.17) is 0 Å². The lowest BCUT2D eigenvalue weighted by Crippen LogP contribution is -2.47. The number of imidazole rings is 1. The zero-order chi connectivity index (χ0) is 15.5. The van der Waals surface area contributed by atoms with Gasteiger partial charge in [-0.25, -0.2) is 4.98 Å². The molecular weight excluding hydrogens is 264 g/mol. The highest BCUT2D eigenvalue weighted by Gasteiger charge is 2.22. The molecule has 1 aliphatic rings. The van der Waals surface area contributed by atoms with Gasteiger partial charge in [0, 0.05) is 24.5 Å². The van der Waals surface area contributed by atoms with Crippen molar-refractivity contribution in [2.75, 3.05) is 19.6 Å². The molecule has 1 aliphatic heterocycles. The van der Waals surface area contributed by atoms with Crippen LogP contribution in [-0.2, 0) is 11.3 Å². The van der Waals surface area contributed by atoms with E-state index in [2.05, 4.69) is 26.0 Å².